The van der Waals surface area contributed by atoms with Crippen molar-refractivity contribution >= 4 is 44.5 Å². The van der Waals surface area contributed by atoms with Gasteiger partial charge in [-0.1, -0.05) is 15.9 Å². The van der Waals surface area contributed by atoms with Crippen LogP contribution in [0.3, 0.4) is 0 Å². The van der Waals surface area contributed by atoms with Gasteiger partial charge in [-0.05, 0) is 32.0 Å². The van der Waals surface area contributed by atoms with Crippen LogP contribution in [0, 0.1) is 0 Å². The first-order valence-electron chi connectivity index (χ1n) is 6.37. The Labute approximate surface area is 131 Å². The number of nitrogens with two attached hydrogens (primary N) is 1. The molecule has 0 aliphatic carbocycles. The summed E-state index contributed by atoms with van der Waals surface area (Å²) in [5.41, 5.74) is 6.80. The number of nitrogens with zero attached hydrogens (tertiary/aromatic N) is 2. The van der Waals surface area contributed by atoms with Crippen molar-refractivity contribution < 1.29 is 4.79 Å². The third-order valence-corrected chi connectivity index (χ3v) is 3.90. The molecular formula is C14H17BrClN3O. The van der Waals surface area contributed by atoms with Gasteiger partial charge in [0.1, 0.15) is 5.82 Å². The Hall–Kier alpha value is -1.07. The number of hydrogen-bond donors (Lipinski definition) is 1. The van der Waals surface area contributed by atoms with Gasteiger partial charge < -0.3 is 10.3 Å². The Morgan fingerprint density at radius 1 is 1.50 bits per heavy atom. The number of primary amides is 1. The Kier molecular flexibility index (Phi) is 4.39. The predicted molar refractivity (Wildman–Crippen MR) is 85.0 cm³/mol. The Morgan fingerprint density at radius 2 is 2.20 bits per heavy atom. The molecule has 0 saturated carbocycles. The fourth-order valence-corrected chi connectivity index (χ4v) is 3.05. The van der Waals surface area contributed by atoms with Gasteiger partial charge in [0.25, 0.3) is 0 Å². The van der Waals surface area contributed by atoms with E-state index in [1.54, 1.807) is 0 Å². The molecule has 108 valence electrons. The van der Waals surface area contributed by atoms with Crippen molar-refractivity contribution in [2.75, 3.05) is 5.88 Å². The molecule has 20 heavy (non-hydrogen) atoms. The van der Waals surface area contributed by atoms with Gasteiger partial charge in [0.15, 0.2) is 0 Å². The van der Waals surface area contributed by atoms with Crippen LogP contribution in [0.25, 0.3) is 11.0 Å². The van der Waals surface area contributed by atoms with E-state index in [4.69, 9.17) is 17.3 Å². The van der Waals surface area contributed by atoms with Gasteiger partial charge in [-0.15, -0.1) is 11.6 Å². The third-order valence-electron chi connectivity index (χ3n) is 3.22. The van der Waals surface area contributed by atoms with Gasteiger partial charge >= 0.3 is 0 Å². The van der Waals surface area contributed by atoms with E-state index in [2.05, 4.69) is 25.5 Å². The van der Waals surface area contributed by atoms with Crippen LogP contribution in [-0.4, -0.2) is 21.3 Å². The maximum absolute atomic E-state index is 11.3. The molecule has 2 N–H and O–H groups in total. The lowest BCUT2D eigenvalue weighted by Crippen LogP contribution is -2.33. The van der Waals surface area contributed by atoms with Gasteiger partial charge in [0.2, 0.25) is 5.91 Å². The molecule has 0 fully saturated rings. The Bertz CT molecular complexity index is 651. The summed E-state index contributed by atoms with van der Waals surface area (Å²) in [6.45, 7) is 3.97. The minimum absolute atomic E-state index is 0.250. The molecule has 1 heterocycles. The highest BCUT2D eigenvalue weighted by molar-refractivity contribution is 9.10. The number of aryl methyl sites for hydroxylation is 1. The van der Waals surface area contributed by atoms with E-state index in [9.17, 15) is 4.79 Å². The molecule has 0 aliphatic heterocycles. The highest BCUT2D eigenvalue weighted by Gasteiger charge is 2.27. The number of aromatic nitrogens is 2. The summed E-state index contributed by atoms with van der Waals surface area (Å²) in [7, 11) is 0. The minimum Gasteiger partial charge on any atom is -0.370 e. The van der Waals surface area contributed by atoms with Crippen molar-refractivity contribution in [1.29, 1.82) is 0 Å². The van der Waals surface area contributed by atoms with Crippen LogP contribution in [0.1, 0.15) is 26.1 Å². The largest absolute Gasteiger partial charge is 0.370 e. The van der Waals surface area contributed by atoms with Crippen molar-refractivity contribution in [3.8, 4) is 0 Å². The molecule has 2 rings (SSSR count). The third kappa shape index (κ3) is 2.99. The number of fused-ring (bicyclic) bond motifs is 1. The smallest absolute Gasteiger partial charge is 0.219 e. The molecular weight excluding hydrogens is 342 g/mol. The summed E-state index contributed by atoms with van der Waals surface area (Å²) < 4.78 is 3.04. The zero-order valence-corrected chi connectivity index (χ0v) is 13.8. The predicted octanol–water partition coefficient (Wildman–Crippen LogP) is 3.19. The fraction of sp³-hybridized carbons (Fsp3) is 0.429. The molecule has 2 aromatic rings. The molecule has 1 amide bonds. The number of halogens is 2. The number of imidazole rings is 1. The zero-order valence-electron chi connectivity index (χ0n) is 11.5. The summed E-state index contributed by atoms with van der Waals surface area (Å²) >= 11 is 9.34. The summed E-state index contributed by atoms with van der Waals surface area (Å²) in [4.78, 5) is 16.0. The zero-order chi connectivity index (χ0) is 14.9. The first kappa shape index (κ1) is 15.3. The van der Waals surface area contributed by atoms with Gasteiger partial charge in [-0.2, -0.15) is 0 Å². The molecule has 4 nitrogen and oxygen atoms in total. The summed E-state index contributed by atoms with van der Waals surface area (Å²) in [5.74, 6) is 1.03. The molecule has 0 bridgehead atoms. The maximum Gasteiger partial charge on any atom is 0.219 e. The molecule has 6 heteroatoms. The second-order valence-corrected chi connectivity index (χ2v) is 6.68. The second kappa shape index (κ2) is 5.74. The number of carbonyl (C=O) groups excluding carboxylic acids is 1. The van der Waals surface area contributed by atoms with Crippen molar-refractivity contribution in [3.63, 3.8) is 0 Å². The average molecular weight is 359 g/mol. The number of benzene rings is 1. The number of hydrogen-bond acceptors (Lipinski definition) is 2. The molecule has 0 radical (unpaired) electrons. The molecule has 1 aromatic carbocycles. The van der Waals surface area contributed by atoms with E-state index < -0.39 is 5.54 Å². The molecule has 0 unspecified atom stereocenters. The van der Waals surface area contributed by atoms with Crippen LogP contribution in [0.5, 0.6) is 0 Å². The topological polar surface area (TPSA) is 60.9 Å². The highest BCUT2D eigenvalue weighted by atomic mass is 79.9. The summed E-state index contributed by atoms with van der Waals surface area (Å²) in [6, 6.07) is 5.90. The maximum atomic E-state index is 11.3. The second-order valence-electron chi connectivity index (χ2n) is 5.39. The van der Waals surface area contributed by atoms with Crippen LogP contribution in [-0.2, 0) is 16.8 Å². The lowest BCUT2D eigenvalue weighted by molar-refractivity contribution is -0.119. The summed E-state index contributed by atoms with van der Waals surface area (Å²) in [5, 5.41) is 0. The van der Waals surface area contributed by atoms with Crippen LogP contribution < -0.4 is 5.73 Å². The number of carbonyl (C=O) groups is 1. The van der Waals surface area contributed by atoms with Crippen molar-refractivity contribution in [1.82, 2.24) is 9.55 Å². The van der Waals surface area contributed by atoms with Crippen LogP contribution in [0.4, 0.5) is 0 Å². The average Bonchev–Trinajstić information content (AvgIpc) is 2.65. The first-order chi connectivity index (χ1) is 9.35. The lowest BCUT2D eigenvalue weighted by atomic mass is 9.99. The first-order valence-corrected chi connectivity index (χ1v) is 7.69. The number of amides is 1. The van der Waals surface area contributed by atoms with Crippen LogP contribution in [0.15, 0.2) is 22.7 Å². The normalized spacial score (nSPS) is 12.0. The van der Waals surface area contributed by atoms with Gasteiger partial charge in [-0.25, -0.2) is 4.98 Å². The monoisotopic (exact) mass is 357 g/mol. The molecule has 0 saturated heterocycles. The quantitative estimate of drug-likeness (QED) is 0.834. The van der Waals surface area contributed by atoms with E-state index >= 15 is 0 Å². The van der Waals surface area contributed by atoms with Gasteiger partial charge in [-0.3, -0.25) is 4.79 Å². The van der Waals surface area contributed by atoms with E-state index in [-0.39, 0.29) is 12.3 Å². The lowest BCUT2D eigenvalue weighted by Gasteiger charge is -2.28. The number of alkyl halides is 1. The van der Waals surface area contributed by atoms with Crippen molar-refractivity contribution in [2.45, 2.75) is 32.2 Å². The highest BCUT2D eigenvalue weighted by Crippen LogP contribution is 2.30. The number of rotatable bonds is 5. The van der Waals surface area contributed by atoms with Crippen molar-refractivity contribution in [3.05, 3.63) is 28.5 Å². The van der Waals surface area contributed by atoms with Crippen LogP contribution in [0.2, 0.25) is 0 Å². The van der Waals surface area contributed by atoms with E-state index in [1.807, 2.05) is 32.0 Å². The van der Waals surface area contributed by atoms with Gasteiger partial charge in [0.05, 0.1) is 11.0 Å². The van der Waals surface area contributed by atoms with Crippen molar-refractivity contribution in [2.24, 2.45) is 5.73 Å². The molecule has 1 aromatic heterocycles. The molecule has 0 atom stereocenters. The SMILES string of the molecule is CC(C)(CC(N)=O)n1c(CCCl)nc2ccc(Br)cc21. The van der Waals surface area contributed by atoms with E-state index in [0.29, 0.717) is 12.3 Å². The van der Waals surface area contributed by atoms with Gasteiger partial charge in [0, 0.05) is 28.7 Å². The van der Waals surface area contributed by atoms with E-state index in [1.165, 1.54) is 0 Å². The fourth-order valence-electron chi connectivity index (χ4n) is 2.53. The van der Waals surface area contributed by atoms with E-state index in [0.717, 1.165) is 21.3 Å². The summed E-state index contributed by atoms with van der Waals surface area (Å²) in [6.07, 6.45) is 0.899. The Morgan fingerprint density at radius 3 is 2.80 bits per heavy atom. The molecule has 0 spiro atoms. The standard InChI is InChI=1S/C14H17BrClN3O/c1-14(2,8-12(17)20)19-11-7-9(15)3-4-10(11)18-13(19)5-6-16/h3-4,7H,5-6,8H2,1-2H3,(H2,17,20). The van der Waals surface area contributed by atoms with Crippen LogP contribution >= 0.6 is 27.5 Å². The molecule has 0 aliphatic rings. The minimum atomic E-state index is -0.442. The Balaban J connectivity index is 2.66.